The Kier molecular flexibility index (Phi) is 9.38. The molecule has 112 valence electrons. The van der Waals surface area contributed by atoms with E-state index >= 15 is 0 Å². The molecule has 1 heterocycles. The molecular weight excluding hydrogens is 255 g/mol. The van der Waals surface area contributed by atoms with Gasteiger partial charge in [0.2, 0.25) is 0 Å². The molecule has 1 rings (SSSR count). The molecule has 4 unspecified atom stereocenters. The van der Waals surface area contributed by atoms with Crippen LogP contribution in [0.25, 0.3) is 0 Å². The smallest absolute Gasteiger partial charge is 0.328 e. The first kappa shape index (κ1) is 20.4. The van der Waals surface area contributed by atoms with Gasteiger partial charge in [0.05, 0.1) is 25.0 Å². The van der Waals surface area contributed by atoms with Crippen molar-refractivity contribution >= 4 is 7.60 Å². The lowest BCUT2D eigenvalue weighted by Crippen LogP contribution is -2.26. The summed E-state index contributed by atoms with van der Waals surface area (Å²) in [6, 6.07) is 0. The van der Waals surface area contributed by atoms with E-state index in [0.29, 0.717) is 6.42 Å². The van der Waals surface area contributed by atoms with E-state index in [1.165, 1.54) is 0 Å². The van der Waals surface area contributed by atoms with Crippen molar-refractivity contribution in [2.75, 3.05) is 12.8 Å². The summed E-state index contributed by atoms with van der Waals surface area (Å²) in [6.07, 6.45) is -0.428. The molecule has 0 aliphatic carbocycles. The van der Waals surface area contributed by atoms with E-state index in [2.05, 4.69) is 0 Å². The van der Waals surface area contributed by atoms with Crippen molar-refractivity contribution in [3.8, 4) is 0 Å². The summed E-state index contributed by atoms with van der Waals surface area (Å²) in [5, 5.41) is 9.56. The minimum Gasteiger partial charge on any atom is -0.390 e. The van der Waals surface area contributed by atoms with Gasteiger partial charge >= 0.3 is 7.60 Å². The van der Waals surface area contributed by atoms with Crippen molar-refractivity contribution in [3.05, 3.63) is 0 Å². The van der Waals surface area contributed by atoms with E-state index < -0.39 is 19.8 Å². The quantitative estimate of drug-likeness (QED) is 0.759. The average molecular weight is 284 g/mol. The van der Waals surface area contributed by atoms with Crippen LogP contribution in [0.1, 0.15) is 42.0 Å². The van der Waals surface area contributed by atoms with E-state index in [-0.39, 0.29) is 39.6 Å². The maximum atomic E-state index is 11.6. The first-order valence-electron chi connectivity index (χ1n) is 5.60. The van der Waals surface area contributed by atoms with E-state index in [0.717, 1.165) is 0 Å². The highest BCUT2D eigenvalue weighted by Crippen LogP contribution is 2.44. The third-order valence-corrected chi connectivity index (χ3v) is 4.19. The third kappa shape index (κ3) is 6.86. The van der Waals surface area contributed by atoms with Gasteiger partial charge in [-0.1, -0.05) is 28.7 Å². The lowest BCUT2D eigenvalue weighted by atomic mass is 10.1. The van der Waals surface area contributed by atoms with Crippen LogP contribution in [0.2, 0.25) is 0 Å². The summed E-state index contributed by atoms with van der Waals surface area (Å²) in [6.45, 7) is 5.55. The number of ether oxygens (including phenoxy) is 1. The Bertz CT molecular complexity index is 269. The highest BCUT2D eigenvalue weighted by molar-refractivity contribution is 7.52. The second kappa shape index (κ2) is 8.28. The van der Waals surface area contributed by atoms with Crippen LogP contribution in [-0.2, 0) is 13.8 Å². The minimum absolute atomic E-state index is 0. The van der Waals surface area contributed by atoms with E-state index in [4.69, 9.17) is 9.26 Å². The molecule has 2 N–H and O–H groups in total. The number of hydrogen-bond acceptors (Lipinski definition) is 4. The van der Waals surface area contributed by atoms with Gasteiger partial charge in [0.1, 0.15) is 6.10 Å². The SMILES string of the molecule is C.C.CC(C)CP(=O)(O)OCC1OC(C)CC1O. The predicted molar refractivity (Wildman–Crippen MR) is 73.9 cm³/mol. The summed E-state index contributed by atoms with van der Waals surface area (Å²) in [5.41, 5.74) is 0. The largest absolute Gasteiger partial charge is 0.390 e. The fourth-order valence-electron chi connectivity index (χ4n) is 1.79. The Hall–Kier alpha value is 0.0700. The second-order valence-corrected chi connectivity index (χ2v) is 6.70. The van der Waals surface area contributed by atoms with Gasteiger partial charge in [-0.25, -0.2) is 0 Å². The predicted octanol–water partition coefficient (Wildman–Crippen LogP) is 2.65. The molecule has 6 heteroatoms. The van der Waals surface area contributed by atoms with E-state index in [1.807, 2.05) is 20.8 Å². The van der Waals surface area contributed by atoms with Gasteiger partial charge in [0, 0.05) is 6.42 Å². The van der Waals surface area contributed by atoms with E-state index in [9.17, 15) is 14.6 Å². The molecule has 0 radical (unpaired) electrons. The van der Waals surface area contributed by atoms with Gasteiger partial charge in [-0.3, -0.25) is 4.57 Å². The molecule has 0 aromatic rings. The fraction of sp³-hybridized carbons (Fsp3) is 1.00. The van der Waals surface area contributed by atoms with Crippen molar-refractivity contribution in [1.82, 2.24) is 0 Å². The molecule has 0 bridgehead atoms. The summed E-state index contributed by atoms with van der Waals surface area (Å²) in [7, 11) is -3.54. The number of hydrogen-bond donors (Lipinski definition) is 2. The topological polar surface area (TPSA) is 76.0 Å². The van der Waals surface area contributed by atoms with Gasteiger partial charge in [0.15, 0.2) is 0 Å². The Morgan fingerprint density at radius 1 is 1.44 bits per heavy atom. The maximum Gasteiger partial charge on any atom is 0.328 e. The molecule has 1 aliphatic heterocycles. The Balaban J connectivity index is 0. The molecule has 0 spiro atoms. The van der Waals surface area contributed by atoms with Crippen LogP contribution >= 0.6 is 7.60 Å². The summed E-state index contributed by atoms with van der Waals surface area (Å²) in [4.78, 5) is 9.49. The molecular formula is C12H29O5P. The molecule has 0 saturated carbocycles. The first-order valence-corrected chi connectivity index (χ1v) is 7.36. The first-order chi connectivity index (χ1) is 7.30. The van der Waals surface area contributed by atoms with Crippen LogP contribution in [-0.4, -0.2) is 41.1 Å². The normalized spacial score (nSPS) is 30.4. The monoisotopic (exact) mass is 284 g/mol. The number of rotatable bonds is 5. The average Bonchev–Trinajstić information content (AvgIpc) is 2.39. The lowest BCUT2D eigenvalue weighted by molar-refractivity contribution is -0.0130. The van der Waals surface area contributed by atoms with Crippen molar-refractivity contribution in [3.63, 3.8) is 0 Å². The molecule has 4 atom stereocenters. The molecule has 5 nitrogen and oxygen atoms in total. The van der Waals surface area contributed by atoms with Gasteiger partial charge in [-0.05, 0) is 12.8 Å². The summed E-state index contributed by atoms with van der Waals surface area (Å²) >= 11 is 0. The molecule has 1 saturated heterocycles. The van der Waals surface area contributed by atoms with Crippen LogP contribution in [0, 0.1) is 5.92 Å². The zero-order chi connectivity index (χ0) is 12.3. The van der Waals surface area contributed by atoms with Crippen LogP contribution in [0.4, 0.5) is 0 Å². The molecule has 0 amide bonds. The summed E-state index contributed by atoms with van der Waals surface area (Å²) < 4.78 is 21.9. The number of aliphatic hydroxyl groups excluding tert-OH is 1. The highest BCUT2D eigenvalue weighted by Gasteiger charge is 2.33. The zero-order valence-electron chi connectivity index (χ0n) is 10.00. The third-order valence-electron chi connectivity index (χ3n) is 2.45. The van der Waals surface area contributed by atoms with Gasteiger partial charge in [-0.2, -0.15) is 0 Å². The molecule has 18 heavy (non-hydrogen) atoms. The molecule has 1 aliphatic rings. The van der Waals surface area contributed by atoms with Crippen LogP contribution in [0.3, 0.4) is 0 Å². The van der Waals surface area contributed by atoms with E-state index in [1.54, 1.807) is 0 Å². The lowest BCUT2D eigenvalue weighted by Gasteiger charge is -2.18. The maximum absolute atomic E-state index is 11.6. The Labute approximate surface area is 111 Å². The fourth-order valence-corrected chi connectivity index (χ4v) is 3.20. The Morgan fingerprint density at radius 2 is 2.00 bits per heavy atom. The van der Waals surface area contributed by atoms with Crippen LogP contribution in [0.15, 0.2) is 0 Å². The van der Waals surface area contributed by atoms with Gasteiger partial charge in [0.25, 0.3) is 0 Å². The molecule has 0 aromatic heterocycles. The molecule has 0 aromatic carbocycles. The van der Waals surface area contributed by atoms with Crippen molar-refractivity contribution in [2.45, 2.75) is 60.4 Å². The number of aliphatic hydroxyl groups is 1. The second-order valence-electron chi connectivity index (χ2n) is 4.80. The summed E-state index contributed by atoms with van der Waals surface area (Å²) in [5.74, 6) is 0.101. The Morgan fingerprint density at radius 3 is 2.39 bits per heavy atom. The highest BCUT2D eigenvalue weighted by atomic mass is 31.2. The molecule has 1 fully saturated rings. The van der Waals surface area contributed by atoms with Crippen molar-refractivity contribution < 1.29 is 23.8 Å². The van der Waals surface area contributed by atoms with Crippen LogP contribution < -0.4 is 0 Å². The van der Waals surface area contributed by atoms with Gasteiger partial charge < -0.3 is 19.3 Å². The zero-order valence-corrected chi connectivity index (χ0v) is 10.9. The van der Waals surface area contributed by atoms with Crippen molar-refractivity contribution in [2.24, 2.45) is 5.92 Å². The van der Waals surface area contributed by atoms with Crippen LogP contribution in [0.5, 0.6) is 0 Å². The van der Waals surface area contributed by atoms with Crippen molar-refractivity contribution in [1.29, 1.82) is 0 Å². The standard InChI is InChI=1S/C10H21O5P.2CH4/c1-7(2)6-16(12,13)14-5-10-9(11)4-8(3)15-10;;/h7-11H,4-6H2,1-3H3,(H,12,13);2*1H4. The minimum atomic E-state index is -3.54. The van der Waals surface area contributed by atoms with Gasteiger partial charge in [-0.15, -0.1) is 0 Å².